The molecule has 0 spiro atoms. The molecule has 0 fully saturated rings. The first-order valence-electron chi connectivity index (χ1n) is 2.77. The average molecular weight is 129 g/mol. The van der Waals surface area contributed by atoms with E-state index >= 15 is 0 Å². The van der Waals surface area contributed by atoms with Gasteiger partial charge in [-0.15, -0.1) is 11.8 Å². The first-order valence-corrected chi connectivity index (χ1v) is 3.72. The van der Waals surface area contributed by atoms with Gasteiger partial charge in [0, 0.05) is 0 Å². The maximum absolute atomic E-state index is 2.24. The summed E-state index contributed by atoms with van der Waals surface area (Å²) in [6, 6.07) is 0. The maximum Gasteiger partial charge on any atom is 0.0628 e. The van der Waals surface area contributed by atoms with Gasteiger partial charge in [0.15, 0.2) is 0 Å². The monoisotopic (exact) mass is 129 g/mol. The first-order chi connectivity index (χ1) is 3.80. The third-order valence-corrected chi connectivity index (χ3v) is 2.52. The van der Waals surface area contributed by atoms with Crippen molar-refractivity contribution in [1.29, 1.82) is 0 Å². The van der Waals surface area contributed by atoms with E-state index < -0.39 is 0 Å². The molecular weight excluding hydrogens is 118 g/mol. The van der Waals surface area contributed by atoms with Crippen molar-refractivity contribution in [3.05, 3.63) is 11.5 Å². The lowest BCUT2D eigenvalue weighted by Gasteiger charge is -2.16. The van der Waals surface area contributed by atoms with Crippen molar-refractivity contribution in [2.24, 2.45) is 0 Å². The van der Waals surface area contributed by atoms with Gasteiger partial charge in [0.25, 0.3) is 0 Å². The van der Waals surface area contributed by atoms with Crippen molar-refractivity contribution in [1.82, 2.24) is 4.90 Å². The molecule has 8 heavy (non-hydrogen) atoms. The Bertz CT molecular complexity index is 90.7. The number of hydrogen-bond donors (Lipinski definition) is 0. The molecule has 0 saturated heterocycles. The summed E-state index contributed by atoms with van der Waals surface area (Å²) in [5.41, 5.74) is 0. The summed E-state index contributed by atoms with van der Waals surface area (Å²) in [7, 11) is 4.23. The molecule has 1 rings (SSSR count). The molecule has 0 N–H and O–H groups in total. The SMILES string of the molecule is CN(C)C1CC=CS1. The van der Waals surface area contributed by atoms with Crippen LogP contribution in [0.15, 0.2) is 11.5 Å². The van der Waals surface area contributed by atoms with E-state index in [0.717, 1.165) is 0 Å². The Morgan fingerprint density at radius 3 is 2.62 bits per heavy atom. The van der Waals surface area contributed by atoms with Gasteiger partial charge in [0.1, 0.15) is 0 Å². The molecule has 0 bridgehead atoms. The first kappa shape index (κ1) is 6.17. The summed E-state index contributed by atoms with van der Waals surface area (Å²) in [5, 5.41) is 2.88. The molecule has 0 radical (unpaired) electrons. The summed E-state index contributed by atoms with van der Waals surface area (Å²) >= 11 is 1.90. The number of thioether (sulfide) groups is 1. The molecule has 1 unspecified atom stereocenters. The summed E-state index contributed by atoms with van der Waals surface area (Å²) in [4.78, 5) is 2.24. The predicted octanol–water partition coefficient (Wildman–Crippen LogP) is 1.52. The van der Waals surface area contributed by atoms with Crippen molar-refractivity contribution in [3.8, 4) is 0 Å². The zero-order valence-electron chi connectivity index (χ0n) is 5.29. The Balaban J connectivity index is 2.29. The van der Waals surface area contributed by atoms with E-state index in [-0.39, 0.29) is 0 Å². The van der Waals surface area contributed by atoms with E-state index in [1.54, 1.807) is 0 Å². The van der Waals surface area contributed by atoms with E-state index in [0.29, 0.717) is 5.37 Å². The maximum atomic E-state index is 2.24. The minimum absolute atomic E-state index is 0.704. The van der Waals surface area contributed by atoms with E-state index in [4.69, 9.17) is 0 Å². The van der Waals surface area contributed by atoms with Crippen LogP contribution >= 0.6 is 11.8 Å². The van der Waals surface area contributed by atoms with Crippen LogP contribution in [0.4, 0.5) is 0 Å². The second-order valence-corrected chi connectivity index (χ2v) is 3.25. The second-order valence-electron chi connectivity index (χ2n) is 2.16. The van der Waals surface area contributed by atoms with Gasteiger partial charge >= 0.3 is 0 Å². The van der Waals surface area contributed by atoms with Crippen LogP contribution in [-0.2, 0) is 0 Å². The Morgan fingerprint density at radius 1 is 1.62 bits per heavy atom. The highest BCUT2D eigenvalue weighted by Crippen LogP contribution is 2.24. The summed E-state index contributed by atoms with van der Waals surface area (Å²) in [6.45, 7) is 0. The molecule has 46 valence electrons. The summed E-state index contributed by atoms with van der Waals surface area (Å²) in [6.07, 6.45) is 3.42. The Hall–Kier alpha value is 0.0500. The molecule has 0 aliphatic carbocycles. The average Bonchev–Trinajstić information content (AvgIpc) is 2.12. The van der Waals surface area contributed by atoms with Gasteiger partial charge in [-0.05, 0) is 25.9 Å². The molecular formula is C6H11NS. The lowest BCUT2D eigenvalue weighted by atomic mass is 10.4. The normalized spacial score (nSPS) is 27.6. The fourth-order valence-corrected chi connectivity index (χ4v) is 1.58. The minimum atomic E-state index is 0.704. The minimum Gasteiger partial charge on any atom is -0.297 e. The van der Waals surface area contributed by atoms with E-state index in [9.17, 15) is 0 Å². The molecule has 0 aromatic carbocycles. The summed E-state index contributed by atoms with van der Waals surface area (Å²) < 4.78 is 0. The molecule has 0 saturated carbocycles. The Kier molecular flexibility index (Phi) is 1.97. The van der Waals surface area contributed by atoms with E-state index in [1.807, 2.05) is 11.8 Å². The van der Waals surface area contributed by atoms with Gasteiger partial charge in [-0.25, -0.2) is 0 Å². The molecule has 1 aliphatic rings. The Morgan fingerprint density at radius 2 is 2.38 bits per heavy atom. The summed E-state index contributed by atoms with van der Waals surface area (Å²) in [5.74, 6) is 0. The zero-order valence-corrected chi connectivity index (χ0v) is 6.11. The predicted molar refractivity (Wildman–Crippen MR) is 38.8 cm³/mol. The van der Waals surface area contributed by atoms with E-state index in [1.165, 1.54) is 6.42 Å². The smallest absolute Gasteiger partial charge is 0.0628 e. The van der Waals surface area contributed by atoms with Crippen LogP contribution in [-0.4, -0.2) is 24.4 Å². The van der Waals surface area contributed by atoms with Crippen molar-refractivity contribution in [2.75, 3.05) is 14.1 Å². The topological polar surface area (TPSA) is 3.24 Å². The van der Waals surface area contributed by atoms with Gasteiger partial charge in [-0.3, -0.25) is 4.90 Å². The number of hydrogen-bond acceptors (Lipinski definition) is 2. The van der Waals surface area contributed by atoms with Crippen LogP contribution in [0.2, 0.25) is 0 Å². The van der Waals surface area contributed by atoms with Crippen molar-refractivity contribution in [3.63, 3.8) is 0 Å². The lowest BCUT2D eigenvalue weighted by molar-refractivity contribution is 0.388. The number of rotatable bonds is 1. The van der Waals surface area contributed by atoms with Gasteiger partial charge in [-0.1, -0.05) is 6.08 Å². The van der Waals surface area contributed by atoms with Gasteiger partial charge in [-0.2, -0.15) is 0 Å². The fraction of sp³-hybridized carbons (Fsp3) is 0.667. The second kappa shape index (κ2) is 2.55. The van der Waals surface area contributed by atoms with Crippen molar-refractivity contribution in [2.45, 2.75) is 11.8 Å². The van der Waals surface area contributed by atoms with Crippen LogP contribution in [0, 0.1) is 0 Å². The highest BCUT2D eigenvalue weighted by atomic mass is 32.2. The van der Waals surface area contributed by atoms with Crippen molar-refractivity contribution >= 4 is 11.8 Å². The van der Waals surface area contributed by atoms with Gasteiger partial charge < -0.3 is 0 Å². The third-order valence-electron chi connectivity index (χ3n) is 1.25. The number of nitrogens with zero attached hydrogens (tertiary/aromatic N) is 1. The zero-order chi connectivity index (χ0) is 5.98. The van der Waals surface area contributed by atoms with Crippen LogP contribution in [0.25, 0.3) is 0 Å². The lowest BCUT2D eigenvalue weighted by Crippen LogP contribution is -2.21. The van der Waals surface area contributed by atoms with Crippen LogP contribution in [0.3, 0.4) is 0 Å². The quantitative estimate of drug-likeness (QED) is 0.528. The van der Waals surface area contributed by atoms with Crippen LogP contribution in [0.5, 0.6) is 0 Å². The van der Waals surface area contributed by atoms with Crippen molar-refractivity contribution < 1.29 is 0 Å². The molecule has 1 aliphatic heterocycles. The molecule has 0 aromatic rings. The molecule has 0 amide bonds. The molecule has 1 nitrogen and oxygen atoms in total. The molecule has 1 atom stereocenters. The van der Waals surface area contributed by atoms with Crippen LogP contribution < -0.4 is 0 Å². The molecule has 1 heterocycles. The highest BCUT2D eigenvalue weighted by molar-refractivity contribution is 8.02. The largest absolute Gasteiger partial charge is 0.297 e. The third kappa shape index (κ3) is 1.26. The van der Waals surface area contributed by atoms with Gasteiger partial charge in [0.2, 0.25) is 0 Å². The van der Waals surface area contributed by atoms with Crippen LogP contribution in [0.1, 0.15) is 6.42 Å². The fourth-order valence-electron chi connectivity index (χ4n) is 0.706. The molecule has 0 aromatic heterocycles. The highest BCUT2D eigenvalue weighted by Gasteiger charge is 2.11. The Labute approximate surface area is 54.8 Å². The standard InChI is InChI=1S/C6H11NS/c1-7(2)6-4-3-5-8-6/h3,5-6H,4H2,1-2H3. The van der Waals surface area contributed by atoms with Gasteiger partial charge in [0.05, 0.1) is 5.37 Å². The molecule has 2 heteroatoms. The van der Waals surface area contributed by atoms with E-state index in [2.05, 4.69) is 30.5 Å².